The van der Waals surface area contributed by atoms with Crippen molar-refractivity contribution < 1.29 is 23.1 Å². The fourth-order valence-electron chi connectivity index (χ4n) is 1.36. The Labute approximate surface area is 116 Å². The van der Waals surface area contributed by atoms with Crippen molar-refractivity contribution in [3.05, 3.63) is 27.7 Å². The van der Waals surface area contributed by atoms with Gasteiger partial charge in [0.15, 0.2) is 0 Å². The molecule has 1 aromatic rings. The van der Waals surface area contributed by atoms with Gasteiger partial charge < -0.3 is 13.8 Å². The van der Waals surface area contributed by atoms with E-state index in [9.17, 15) is 9.36 Å². The number of ether oxygens (including phenoxy) is 1. The van der Waals surface area contributed by atoms with Crippen LogP contribution in [0.25, 0.3) is 6.08 Å². The van der Waals surface area contributed by atoms with E-state index in [0.29, 0.717) is 10.4 Å². The first-order chi connectivity index (χ1) is 9.06. The Hall–Kier alpha value is -0.940. The SMILES string of the molecule is CCOP(=O)(/C=C/c1ccsc1C(=O)OC)OCC. The Kier molecular flexibility index (Phi) is 6.45. The molecule has 0 atom stereocenters. The monoisotopic (exact) mass is 304 g/mol. The molecule has 0 radical (unpaired) electrons. The Morgan fingerprint density at radius 3 is 2.53 bits per heavy atom. The van der Waals surface area contributed by atoms with E-state index in [1.165, 1.54) is 24.3 Å². The number of hydrogen-bond donors (Lipinski definition) is 0. The van der Waals surface area contributed by atoms with E-state index >= 15 is 0 Å². The maximum absolute atomic E-state index is 12.2. The lowest BCUT2D eigenvalue weighted by molar-refractivity contribution is 0.0606. The molecule has 0 aliphatic heterocycles. The first-order valence-corrected chi connectivity index (χ1v) is 8.29. The van der Waals surface area contributed by atoms with Gasteiger partial charge in [-0.15, -0.1) is 11.3 Å². The summed E-state index contributed by atoms with van der Waals surface area (Å²) in [6, 6.07) is 1.75. The maximum Gasteiger partial charge on any atom is 0.354 e. The average Bonchev–Trinajstić information content (AvgIpc) is 2.84. The maximum atomic E-state index is 12.2. The summed E-state index contributed by atoms with van der Waals surface area (Å²) in [5.41, 5.74) is 0.636. The van der Waals surface area contributed by atoms with Gasteiger partial charge in [0, 0.05) is 11.4 Å². The minimum absolute atomic E-state index is 0.287. The summed E-state index contributed by atoms with van der Waals surface area (Å²) in [7, 11) is -1.93. The lowest BCUT2D eigenvalue weighted by atomic mass is 10.2. The number of rotatable bonds is 7. The largest absolute Gasteiger partial charge is 0.465 e. The molecule has 5 nitrogen and oxygen atoms in total. The van der Waals surface area contributed by atoms with Gasteiger partial charge in [-0.05, 0) is 31.4 Å². The summed E-state index contributed by atoms with van der Waals surface area (Å²) in [5.74, 6) is 0.950. The van der Waals surface area contributed by atoms with Crippen molar-refractivity contribution in [3.63, 3.8) is 0 Å². The molecule has 0 bridgehead atoms. The average molecular weight is 304 g/mol. The minimum Gasteiger partial charge on any atom is -0.465 e. The van der Waals surface area contributed by atoms with E-state index in [4.69, 9.17) is 9.05 Å². The zero-order chi connectivity index (χ0) is 14.3. The Morgan fingerprint density at radius 1 is 1.37 bits per heavy atom. The predicted octanol–water partition coefficient (Wildman–Crippen LogP) is 3.77. The highest BCUT2D eigenvalue weighted by atomic mass is 32.1. The van der Waals surface area contributed by atoms with E-state index in [1.807, 2.05) is 0 Å². The van der Waals surface area contributed by atoms with E-state index < -0.39 is 13.6 Å². The fourth-order valence-corrected chi connectivity index (χ4v) is 3.48. The van der Waals surface area contributed by atoms with Gasteiger partial charge in [-0.2, -0.15) is 0 Å². The van der Waals surface area contributed by atoms with Gasteiger partial charge in [0.2, 0.25) is 0 Å². The van der Waals surface area contributed by atoms with Crippen LogP contribution in [0, 0.1) is 0 Å². The topological polar surface area (TPSA) is 61.8 Å². The van der Waals surface area contributed by atoms with Gasteiger partial charge in [0.25, 0.3) is 0 Å². The van der Waals surface area contributed by atoms with Gasteiger partial charge in [-0.1, -0.05) is 0 Å². The molecular weight excluding hydrogens is 287 g/mol. The summed E-state index contributed by atoms with van der Waals surface area (Å²) in [4.78, 5) is 12.0. The molecule has 19 heavy (non-hydrogen) atoms. The van der Waals surface area contributed by atoms with E-state index in [1.54, 1.807) is 31.4 Å². The zero-order valence-electron chi connectivity index (χ0n) is 11.1. The molecule has 106 valence electrons. The number of carbonyl (C=O) groups is 1. The number of esters is 1. The summed E-state index contributed by atoms with van der Waals surface area (Å²) in [6.45, 7) is 4.05. The summed E-state index contributed by atoms with van der Waals surface area (Å²) >= 11 is 1.26. The summed E-state index contributed by atoms with van der Waals surface area (Å²) in [6.07, 6.45) is 1.56. The van der Waals surface area contributed by atoms with Crippen LogP contribution in [0.1, 0.15) is 29.1 Å². The molecule has 0 saturated carbocycles. The molecular formula is C12H17O5PS. The minimum atomic E-state index is -3.25. The van der Waals surface area contributed by atoms with Gasteiger partial charge in [0.05, 0.1) is 20.3 Å². The number of methoxy groups -OCH3 is 1. The first kappa shape index (κ1) is 16.1. The van der Waals surface area contributed by atoms with Gasteiger partial charge in [-0.25, -0.2) is 4.79 Å². The third-order valence-electron chi connectivity index (χ3n) is 2.12. The van der Waals surface area contributed by atoms with Crippen molar-refractivity contribution in [2.24, 2.45) is 0 Å². The van der Waals surface area contributed by atoms with Crippen molar-refractivity contribution in [2.45, 2.75) is 13.8 Å². The summed E-state index contributed by atoms with van der Waals surface area (Å²) < 4.78 is 27.1. The standard InChI is InChI=1S/C12H17O5PS/c1-4-16-18(14,17-5-2)8-6-10-7-9-19-11(10)12(13)15-3/h6-9H,4-5H2,1-3H3/b8-6+. The smallest absolute Gasteiger partial charge is 0.354 e. The quantitative estimate of drug-likeness (QED) is 0.567. The van der Waals surface area contributed by atoms with E-state index in [0.717, 1.165) is 0 Å². The van der Waals surface area contributed by atoms with E-state index in [2.05, 4.69) is 4.74 Å². The van der Waals surface area contributed by atoms with Crippen LogP contribution < -0.4 is 0 Å². The number of carbonyl (C=O) groups excluding carboxylic acids is 1. The van der Waals surface area contributed by atoms with Gasteiger partial charge in [0.1, 0.15) is 4.88 Å². The molecule has 0 spiro atoms. The van der Waals surface area contributed by atoms with Crippen LogP contribution >= 0.6 is 18.9 Å². The second-order valence-corrected chi connectivity index (χ2v) is 6.20. The first-order valence-electron chi connectivity index (χ1n) is 5.80. The highest BCUT2D eigenvalue weighted by Crippen LogP contribution is 2.50. The fraction of sp³-hybridized carbons (Fsp3) is 0.417. The third kappa shape index (κ3) is 4.58. The molecule has 1 aromatic heterocycles. The van der Waals surface area contributed by atoms with Crippen LogP contribution in [0.5, 0.6) is 0 Å². The van der Waals surface area contributed by atoms with Crippen LogP contribution in [0.15, 0.2) is 17.3 Å². The second-order valence-electron chi connectivity index (χ2n) is 3.39. The molecule has 7 heteroatoms. The van der Waals surface area contributed by atoms with Gasteiger partial charge in [-0.3, -0.25) is 4.57 Å². The third-order valence-corrected chi connectivity index (χ3v) is 4.78. The predicted molar refractivity (Wildman–Crippen MR) is 75.6 cm³/mol. The molecule has 0 aliphatic carbocycles. The molecule has 0 saturated heterocycles. The lowest BCUT2D eigenvalue weighted by Crippen LogP contribution is -1.99. The van der Waals surface area contributed by atoms with Crippen LogP contribution in [-0.2, 0) is 18.3 Å². The normalized spacial score (nSPS) is 11.9. The molecule has 0 unspecified atom stereocenters. The van der Waals surface area contributed by atoms with Crippen molar-refractivity contribution >= 4 is 31.0 Å². The molecule has 1 heterocycles. The molecule has 0 fully saturated rings. The van der Waals surface area contributed by atoms with Crippen molar-refractivity contribution in [2.75, 3.05) is 20.3 Å². The Bertz CT molecular complexity index is 484. The number of thiophene rings is 1. The molecule has 0 N–H and O–H groups in total. The van der Waals surface area contributed by atoms with Crippen molar-refractivity contribution in [3.8, 4) is 0 Å². The van der Waals surface area contributed by atoms with Crippen molar-refractivity contribution in [1.82, 2.24) is 0 Å². The molecule has 0 aromatic carbocycles. The Balaban J connectivity index is 2.94. The number of hydrogen-bond acceptors (Lipinski definition) is 6. The second kappa shape index (κ2) is 7.60. The van der Waals surface area contributed by atoms with Crippen LogP contribution in [0.3, 0.4) is 0 Å². The summed E-state index contributed by atoms with van der Waals surface area (Å²) in [5, 5.41) is 1.76. The van der Waals surface area contributed by atoms with Crippen LogP contribution in [-0.4, -0.2) is 26.3 Å². The van der Waals surface area contributed by atoms with E-state index in [-0.39, 0.29) is 13.2 Å². The zero-order valence-corrected chi connectivity index (χ0v) is 12.8. The molecule has 0 amide bonds. The lowest BCUT2D eigenvalue weighted by Gasteiger charge is -2.12. The molecule has 0 aliphatic rings. The van der Waals surface area contributed by atoms with Crippen molar-refractivity contribution in [1.29, 1.82) is 0 Å². The highest BCUT2D eigenvalue weighted by molar-refractivity contribution is 7.57. The Morgan fingerprint density at radius 2 is 2.00 bits per heavy atom. The highest BCUT2D eigenvalue weighted by Gasteiger charge is 2.20. The van der Waals surface area contributed by atoms with Gasteiger partial charge >= 0.3 is 13.6 Å². The van der Waals surface area contributed by atoms with Crippen LogP contribution in [0.4, 0.5) is 0 Å². The molecule has 1 rings (SSSR count). The van der Waals surface area contributed by atoms with Crippen LogP contribution in [0.2, 0.25) is 0 Å².